The van der Waals surface area contributed by atoms with E-state index in [0.717, 1.165) is 27.8 Å². The first-order valence-electron chi connectivity index (χ1n) is 11.3. The SMILES string of the molecule is CC#C[C@@H](CC(=O)O)c1ccc(OCc2cc(-c3ccc(OCC#N)cc3C)cn3ncnc23)cc1. The lowest BCUT2D eigenvalue weighted by Crippen LogP contribution is -2.05. The Morgan fingerprint density at radius 2 is 1.92 bits per heavy atom. The van der Waals surface area contributed by atoms with Crippen molar-refractivity contribution < 1.29 is 19.4 Å². The number of carbonyl (C=O) groups is 1. The number of aryl methyl sites for hydroxylation is 1. The summed E-state index contributed by atoms with van der Waals surface area (Å²) in [6, 6.07) is 17.0. The molecule has 0 aliphatic heterocycles. The van der Waals surface area contributed by atoms with Crippen LogP contribution in [-0.2, 0) is 11.4 Å². The van der Waals surface area contributed by atoms with Crippen LogP contribution in [0.5, 0.6) is 11.5 Å². The van der Waals surface area contributed by atoms with E-state index in [-0.39, 0.29) is 25.6 Å². The molecule has 1 atom stereocenters. The zero-order chi connectivity index (χ0) is 25.5. The Labute approximate surface area is 208 Å². The van der Waals surface area contributed by atoms with Gasteiger partial charge in [0.15, 0.2) is 12.3 Å². The van der Waals surface area contributed by atoms with Crippen LogP contribution in [0.3, 0.4) is 0 Å². The molecule has 4 rings (SSSR count). The van der Waals surface area contributed by atoms with Gasteiger partial charge in [0, 0.05) is 17.3 Å². The summed E-state index contributed by atoms with van der Waals surface area (Å²) in [6.07, 6.45) is 3.36. The molecule has 8 nitrogen and oxygen atoms in total. The minimum atomic E-state index is -0.889. The third-order valence-corrected chi connectivity index (χ3v) is 5.64. The van der Waals surface area contributed by atoms with E-state index in [4.69, 9.17) is 19.8 Å². The molecule has 1 N–H and O–H groups in total. The van der Waals surface area contributed by atoms with E-state index in [1.54, 1.807) is 11.4 Å². The van der Waals surface area contributed by atoms with Crippen LogP contribution in [0.15, 0.2) is 61.1 Å². The number of hydrogen-bond acceptors (Lipinski definition) is 6. The van der Waals surface area contributed by atoms with Gasteiger partial charge in [-0.1, -0.05) is 24.1 Å². The highest BCUT2D eigenvalue weighted by molar-refractivity contribution is 5.70. The van der Waals surface area contributed by atoms with Crippen LogP contribution in [-0.4, -0.2) is 32.3 Å². The van der Waals surface area contributed by atoms with Crippen LogP contribution in [0.1, 0.15) is 36.0 Å². The Morgan fingerprint density at radius 1 is 1.14 bits per heavy atom. The molecule has 4 aromatic rings. The van der Waals surface area contributed by atoms with Crippen molar-refractivity contribution in [3.63, 3.8) is 0 Å². The molecular formula is C28H24N4O4. The zero-order valence-electron chi connectivity index (χ0n) is 19.9. The maximum Gasteiger partial charge on any atom is 0.304 e. The number of ether oxygens (including phenoxy) is 2. The Morgan fingerprint density at radius 3 is 2.61 bits per heavy atom. The molecule has 8 heteroatoms. The number of carboxylic acids is 1. The number of benzene rings is 2. The molecule has 36 heavy (non-hydrogen) atoms. The fourth-order valence-corrected chi connectivity index (χ4v) is 3.97. The molecule has 0 amide bonds. The van der Waals surface area contributed by atoms with E-state index in [0.29, 0.717) is 17.1 Å². The molecule has 2 aromatic carbocycles. The summed E-state index contributed by atoms with van der Waals surface area (Å²) in [6.45, 7) is 3.95. The molecule has 0 aliphatic rings. The molecule has 0 bridgehead atoms. The van der Waals surface area contributed by atoms with E-state index in [1.165, 1.54) is 6.33 Å². The summed E-state index contributed by atoms with van der Waals surface area (Å²) in [5, 5.41) is 22.2. The van der Waals surface area contributed by atoms with Crippen molar-refractivity contribution in [1.29, 1.82) is 5.26 Å². The molecule has 180 valence electrons. The van der Waals surface area contributed by atoms with Gasteiger partial charge < -0.3 is 14.6 Å². The van der Waals surface area contributed by atoms with Crippen molar-refractivity contribution in [2.24, 2.45) is 0 Å². The highest BCUT2D eigenvalue weighted by Gasteiger charge is 2.14. The molecule has 2 heterocycles. The van der Waals surface area contributed by atoms with Gasteiger partial charge in [0.25, 0.3) is 0 Å². The lowest BCUT2D eigenvalue weighted by Gasteiger charge is -2.13. The number of nitrogens with zero attached hydrogens (tertiary/aromatic N) is 4. The summed E-state index contributed by atoms with van der Waals surface area (Å²) in [5.41, 5.74) is 5.34. The number of carboxylic acid groups (broad SMARTS) is 1. The van der Waals surface area contributed by atoms with Crippen molar-refractivity contribution >= 4 is 11.6 Å². The molecule has 0 unspecified atom stereocenters. The third kappa shape index (κ3) is 5.63. The monoisotopic (exact) mass is 480 g/mol. The first-order chi connectivity index (χ1) is 17.5. The molecule has 0 spiro atoms. The van der Waals surface area contributed by atoms with Gasteiger partial charge in [0.05, 0.1) is 12.3 Å². The first-order valence-corrected chi connectivity index (χ1v) is 11.3. The summed E-state index contributed by atoms with van der Waals surface area (Å²) in [7, 11) is 0. The maximum atomic E-state index is 11.2. The predicted octanol–water partition coefficient (Wildman–Crippen LogP) is 4.77. The van der Waals surface area contributed by atoms with Crippen LogP contribution in [0.25, 0.3) is 16.8 Å². The van der Waals surface area contributed by atoms with Crippen LogP contribution < -0.4 is 9.47 Å². The van der Waals surface area contributed by atoms with E-state index < -0.39 is 5.97 Å². The quantitative estimate of drug-likeness (QED) is 0.344. The normalized spacial score (nSPS) is 11.2. The second-order valence-electron chi connectivity index (χ2n) is 8.11. The molecule has 0 saturated heterocycles. The number of hydrogen-bond donors (Lipinski definition) is 1. The van der Waals surface area contributed by atoms with Gasteiger partial charge in [-0.2, -0.15) is 10.4 Å². The first kappa shape index (κ1) is 24.3. The molecule has 2 aromatic heterocycles. The van der Waals surface area contributed by atoms with E-state index >= 15 is 0 Å². The smallest absolute Gasteiger partial charge is 0.304 e. The molecular weight excluding hydrogens is 456 g/mol. The second-order valence-corrected chi connectivity index (χ2v) is 8.11. The minimum Gasteiger partial charge on any atom is -0.489 e. The molecule has 0 saturated carbocycles. The van der Waals surface area contributed by atoms with Gasteiger partial charge in [0.2, 0.25) is 0 Å². The van der Waals surface area contributed by atoms with E-state index in [9.17, 15) is 4.79 Å². The average Bonchev–Trinajstić information content (AvgIpc) is 3.35. The Hall–Kier alpha value is -4.82. The van der Waals surface area contributed by atoms with Crippen molar-refractivity contribution in [2.75, 3.05) is 6.61 Å². The average molecular weight is 481 g/mol. The van der Waals surface area contributed by atoms with Gasteiger partial charge in [-0.3, -0.25) is 4.79 Å². The molecule has 0 fully saturated rings. The fraction of sp³-hybridized carbons (Fsp3) is 0.214. The summed E-state index contributed by atoms with van der Waals surface area (Å²) in [4.78, 5) is 15.5. The van der Waals surface area contributed by atoms with Crippen LogP contribution in [0, 0.1) is 30.1 Å². The Balaban J connectivity index is 1.56. The summed E-state index contributed by atoms with van der Waals surface area (Å²) in [5.74, 6) is 5.79. The predicted molar refractivity (Wildman–Crippen MR) is 133 cm³/mol. The van der Waals surface area contributed by atoms with E-state index in [2.05, 4.69) is 21.9 Å². The number of pyridine rings is 1. The zero-order valence-corrected chi connectivity index (χ0v) is 19.9. The summed E-state index contributed by atoms with van der Waals surface area (Å²) < 4.78 is 13.2. The number of rotatable bonds is 9. The van der Waals surface area contributed by atoms with Crippen LogP contribution >= 0.6 is 0 Å². The van der Waals surface area contributed by atoms with Gasteiger partial charge in [-0.25, -0.2) is 9.50 Å². The summed E-state index contributed by atoms with van der Waals surface area (Å²) >= 11 is 0. The number of aromatic nitrogens is 3. The Bertz CT molecular complexity index is 1490. The largest absolute Gasteiger partial charge is 0.489 e. The number of fused-ring (bicyclic) bond motifs is 1. The van der Waals surface area contributed by atoms with Gasteiger partial charge >= 0.3 is 5.97 Å². The third-order valence-electron chi connectivity index (χ3n) is 5.64. The second kappa shape index (κ2) is 11.1. The van der Waals surface area contributed by atoms with Crippen molar-refractivity contribution in [3.8, 4) is 40.5 Å². The topological polar surface area (TPSA) is 110 Å². The van der Waals surface area contributed by atoms with Crippen molar-refractivity contribution in [1.82, 2.24) is 14.6 Å². The van der Waals surface area contributed by atoms with Gasteiger partial charge in [0.1, 0.15) is 30.5 Å². The fourth-order valence-electron chi connectivity index (χ4n) is 3.97. The Kier molecular flexibility index (Phi) is 7.48. The number of aliphatic carboxylic acids is 1. The maximum absolute atomic E-state index is 11.2. The van der Waals surface area contributed by atoms with Crippen LogP contribution in [0.4, 0.5) is 0 Å². The molecule has 0 radical (unpaired) electrons. The minimum absolute atomic E-state index is 0.00160. The van der Waals surface area contributed by atoms with Gasteiger partial charge in [-0.15, -0.1) is 5.92 Å². The standard InChI is InChI=1S/C28H24N4O4/c1-3-4-21(15-27(33)34)20-5-7-24(8-6-20)36-17-23-14-22(16-32-28(23)30-18-31-32)26-10-9-25(13-19(26)2)35-12-11-29/h5-10,13-14,16,18,21H,12,15,17H2,1-2H3,(H,33,34)/t21-/m0/s1. The van der Waals surface area contributed by atoms with Crippen molar-refractivity contribution in [2.45, 2.75) is 32.8 Å². The van der Waals surface area contributed by atoms with Crippen LogP contribution in [0.2, 0.25) is 0 Å². The highest BCUT2D eigenvalue weighted by atomic mass is 16.5. The molecule has 0 aliphatic carbocycles. The highest BCUT2D eigenvalue weighted by Crippen LogP contribution is 2.29. The lowest BCUT2D eigenvalue weighted by molar-refractivity contribution is -0.137. The van der Waals surface area contributed by atoms with Gasteiger partial charge in [-0.05, 0) is 60.9 Å². The lowest BCUT2D eigenvalue weighted by atomic mass is 9.96. The van der Waals surface area contributed by atoms with Crippen molar-refractivity contribution in [3.05, 3.63) is 77.7 Å². The van der Waals surface area contributed by atoms with E-state index in [1.807, 2.05) is 67.7 Å². The number of nitriles is 1.